The average molecular weight is 560 g/mol. The number of piperazine rings is 1. The summed E-state index contributed by atoms with van der Waals surface area (Å²) in [7, 11) is 0. The number of H-pyrrole nitrogens is 1. The second-order valence-electron chi connectivity index (χ2n) is 10.5. The molecule has 0 saturated carbocycles. The molecule has 1 saturated heterocycles. The highest BCUT2D eigenvalue weighted by atomic mass is 16.6. The molecule has 1 fully saturated rings. The van der Waals surface area contributed by atoms with Gasteiger partial charge in [-0.2, -0.15) is 0 Å². The van der Waals surface area contributed by atoms with Crippen molar-refractivity contribution >= 4 is 22.9 Å². The quantitative estimate of drug-likeness (QED) is 0.263. The van der Waals surface area contributed by atoms with Gasteiger partial charge in [0, 0.05) is 43.6 Å². The van der Waals surface area contributed by atoms with Gasteiger partial charge in [-0.15, -0.1) is 0 Å². The van der Waals surface area contributed by atoms with Crippen LogP contribution in [0.5, 0.6) is 0 Å². The van der Waals surface area contributed by atoms with Crippen molar-refractivity contribution in [1.82, 2.24) is 14.8 Å². The van der Waals surface area contributed by atoms with E-state index in [1.54, 1.807) is 11.1 Å². The Kier molecular flexibility index (Phi) is 8.72. The van der Waals surface area contributed by atoms with Crippen molar-refractivity contribution in [3.05, 3.63) is 136 Å². The number of aryl methyl sites for hydroxylation is 1. The van der Waals surface area contributed by atoms with Gasteiger partial charge in [0.15, 0.2) is 0 Å². The number of aromatic amines is 1. The number of carbonyl (C=O) groups is 1. The number of amides is 1. The van der Waals surface area contributed by atoms with Crippen LogP contribution in [0.4, 0.5) is 4.79 Å². The Morgan fingerprint density at radius 3 is 2.14 bits per heavy atom. The lowest BCUT2D eigenvalue weighted by Gasteiger charge is -2.36. The minimum atomic E-state index is -0.264. The van der Waals surface area contributed by atoms with Crippen molar-refractivity contribution in [2.75, 3.05) is 32.8 Å². The molecule has 6 nitrogen and oxygen atoms in total. The number of ether oxygens (including phenoxy) is 1. The van der Waals surface area contributed by atoms with E-state index < -0.39 is 0 Å². The lowest BCUT2D eigenvalue weighted by Crippen LogP contribution is -2.47. The summed E-state index contributed by atoms with van der Waals surface area (Å²) in [6.07, 6.45) is 1.39. The van der Waals surface area contributed by atoms with Gasteiger partial charge in [0.1, 0.15) is 0 Å². The van der Waals surface area contributed by atoms with Crippen LogP contribution in [0.15, 0.2) is 102 Å². The van der Waals surface area contributed by atoms with Crippen molar-refractivity contribution in [3.8, 4) is 11.1 Å². The Bertz CT molecular complexity index is 1660. The van der Waals surface area contributed by atoms with Crippen molar-refractivity contribution in [2.24, 2.45) is 0 Å². The van der Waals surface area contributed by atoms with Gasteiger partial charge in [0.2, 0.25) is 0 Å². The Labute approximate surface area is 247 Å². The van der Waals surface area contributed by atoms with Crippen LogP contribution in [0.25, 0.3) is 28.0 Å². The van der Waals surface area contributed by atoms with E-state index in [1.165, 1.54) is 0 Å². The lowest BCUT2D eigenvalue weighted by molar-refractivity contribution is 0.0907. The summed E-state index contributed by atoms with van der Waals surface area (Å²) < 4.78 is 5.18. The lowest BCUT2D eigenvalue weighted by atomic mass is 9.86. The maximum absolute atomic E-state index is 12.9. The van der Waals surface area contributed by atoms with Crippen LogP contribution >= 0.6 is 0 Å². The van der Waals surface area contributed by atoms with Gasteiger partial charge in [0.25, 0.3) is 5.56 Å². The standard InChI is InChI=1S/C36H37N3O3/c1-5-42-36(41)39-22-20-38(21-23-39)27(4)31-14-13-25(2)33(24-31)34(26(3)32-12-9-19-37-35(32)40)30-17-15-29(16-18-30)28-10-7-6-8-11-28/h6-19,24H,4-5,20-23H2,1-3H3,(H,37,40)/b34-26+. The summed E-state index contributed by atoms with van der Waals surface area (Å²) in [6, 6.07) is 29.0. The predicted octanol–water partition coefficient (Wildman–Crippen LogP) is 7.07. The highest BCUT2D eigenvalue weighted by Gasteiger charge is 2.24. The number of pyridine rings is 1. The van der Waals surface area contributed by atoms with E-state index in [9.17, 15) is 9.59 Å². The molecular formula is C36H37N3O3. The van der Waals surface area contributed by atoms with E-state index in [4.69, 9.17) is 4.74 Å². The molecule has 1 aromatic heterocycles. The Balaban J connectivity index is 1.53. The Morgan fingerprint density at radius 1 is 0.833 bits per heavy atom. The van der Waals surface area contributed by atoms with Crippen LogP contribution in [-0.2, 0) is 4.74 Å². The zero-order valence-corrected chi connectivity index (χ0v) is 24.5. The SMILES string of the molecule is C=C(c1ccc(C)c(/C(=C(\C)c2ccc[nH]c2=O)c2ccc(-c3ccccc3)cc2)c1)N1CCN(C(=O)OCC)CC1. The molecule has 42 heavy (non-hydrogen) atoms. The summed E-state index contributed by atoms with van der Waals surface area (Å²) >= 11 is 0. The summed E-state index contributed by atoms with van der Waals surface area (Å²) in [6.45, 7) is 13.3. The van der Waals surface area contributed by atoms with Crippen LogP contribution in [0.3, 0.4) is 0 Å². The molecule has 1 N–H and O–H groups in total. The van der Waals surface area contributed by atoms with Crippen LogP contribution < -0.4 is 5.56 Å². The fourth-order valence-corrected chi connectivity index (χ4v) is 5.51. The van der Waals surface area contributed by atoms with Crippen molar-refractivity contribution in [1.29, 1.82) is 0 Å². The molecule has 0 atom stereocenters. The molecule has 0 bridgehead atoms. The zero-order chi connectivity index (χ0) is 29.6. The van der Waals surface area contributed by atoms with Crippen LogP contribution in [-0.4, -0.2) is 53.7 Å². The number of aromatic nitrogens is 1. The smallest absolute Gasteiger partial charge is 0.409 e. The molecule has 0 aliphatic carbocycles. The van der Waals surface area contributed by atoms with E-state index in [1.807, 2.05) is 44.2 Å². The minimum Gasteiger partial charge on any atom is -0.450 e. The Morgan fingerprint density at radius 2 is 1.48 bits per heavy atom. The van der Waals surface area contributed by atoms with Gasteiger partial charge >= 0.3 is 6.09 Å². The van der Waals surface area contributed by atoms with Gasteiger partial charge in [-0.05, 0) is 83.5 Å². The molecule has 1 aliphatic heterocycles. The maximum Gasteiger partial charge on any atom is 0.409 e. The molecule has 3 aromatic carbocycles. The first-order valence-corrected chi connectivity index (χ1v) is 14.4. The molecule has 0 unspecified atom stereocenters. The summed E-state index contributed by atoms with van der Waals surface area (Å²) in [5.74, 6) is 0. The van der Waals surface area contributed by atoms with E-state index in [-0.39, 0.29) is 11.7 Å². The van der Waals surface area contributed by atoms with Gasteiger partial charge in [-0.1, -0.05) is 73.3 Å². The van der Waals surface area contributed by atoms with Gasteiger partial charge in [-0.25, -0.2) is 4.79 Å². The number of hydrogen-bond donors (Lipinski definition) is 1. The molecular weight excluding hydrogens is 522 g/mol. The van der Waals surface area contributed by atoms with Crippen molar-refractivity contribution in [2.45, 2.75) is 20.8 Å². The molecule has 0 spiro atoms. The van der Waals surface area contributed by atoms with Gasteiger partial charge in [-0.3, -0.25) is 4.79 Å². The zero-order valence-electron chi connectivity index (χ0n) is 24.5. The molecule has 214 valence electrons. The average Bonchev–Trinajstić information content (AvgIpc) is 3.03. The first-order valence-electron chi connectivity index (χ1n) is 14.4. The number of rotatable bonds is 7. The van der Waals surface area contributed by atoms with Crippen molar-refractivity contribution < 1.29 is 9.53 Å². The normalized spacial score (nSPS) is 13.9. The first kappa shape index (κ1) is 28.7. The third-order valence-electron chi connectivity index (χ3n) is 7.91. The molecule has 1 aliphatic rings. The topological polar surface area (TPSA) is 65.6 Å². The van der Waals surface area contributed by atoms with Crippen LogP contribution in [0.2, 0.25) is 0 Å². The number of benzene rings is 3. The Hall–Kier alpha value is -4.84. The highest BCUT2D eigenvalue weighted by molar-refractivity contribution is 5.99. The monoisotopic (exact) mass is 559 g/mol. The molecule has 6 heteroatoms. The third kappa shape index (κ3) is 6.08. The first-order chi connectivity index (χ1) is 20.4. The number of nitrogens with zero attached hydrogens (tertiary/aromatic N) is 2. The molecule has 5 rings (SSSR count). The van der Waals surface area contributed by atoms with Crippen LogP contribution in [0.1, 0.15) is 41.7 Å². The highest BCUT2D eigenvalue weighted by Crippen LogP contribution is 2.36. The summed E-state index contributed by atoms with van der Waals surface area (Å²) in [5, 5.41) is 0. The minimum absolute atomic E-state index is 0.119. The fraction of sp³-hybridized carbons (Fsp3) is 0.222. The molecule has 1 amide bonds. The van der Waals surface area contributed by atoms with Gasteiger partial charge < -0.3 is 19.5 Å². The molecule has 2 heterocycles. The fourth-order valence-electron chi connectivity index (χ4n) is 5.51. The number of hydrogen-bond acceptors (Lipinski definition) is 4. The van der Waals surface area contributed by atoms with E-state index in [0.29, 0.717) is 38.3 Å². The second kappa shape index (κ2) is 12.8. The van der Waals surface area contributed by atoms with Gasteiger partial charge in [0.05, 0.1) is 6.61 Å². The predicted molar refractivity (Wildman–Crippen MR) is 171 cm³/mol. The number of allylic oxidation sites excluding steroid dienone is 1. The maximum atomic E-state index is 12.9. The van der Waals surface area contributed by atoms with Crippen molar-refractivity contribution in [3.63, 3.8) is 0 Å². The number of carbonyl (C=O) groups excluding carboxylic acids is 1. The number of nitrogens with one attached hydrogen (secondary N) is 1. The summed E-state index contributed by atoms with van der Waals surface area (Å²) in [5.41, 5.74) is 9.82. The third-order valence-corrected chi connectivity index (χ3v) is 7.91. The summed E-state index contributed by atoms with van der Waals surface area (Å²) in [4.78, 5) is 31.9. The molecule has 4 aromatic rings. The second-order valence-corrected chi connectivity index (χ2v) is 10.5. The van der Waals surface area contributed by atoms with E-state index in [0.717, 1.165) is 50.2 Å². The largest absolute Gasteiger partial charge is 0.450 e. The van der Waals surface area contributed by atoms with E-state index >= 15 is 0 Å². The molecule has 0 radical (unpaired) electrons. The van der Waals surface area contributed by atoms with E-state index in [2.05, 4.69) is 78.0 Å². The van der Waals surface area contributed by atoms with Crippen LogP contribution in [0, 0.1) is 6.92 Å².